The number of hydrogen-bond donors (Lipinski definition) is 1. The van der Waals surface area contributed by atoms with Gasteiger partial charge in [0.15, 0.2) is 0 Å². The molecule has 0 aromatic heterocycles. The van der Waals surface area contributed by atoms with E-state index in [-0.39, 0.29) is 11.9 Å². The summed E-state index contributed by atoms with van der Waals surface area (Å²) in [6.45, 7) is 8.75. The van der Waals surface area contributed by atoms with Crippen LogP contribution >= 0.6 is 12.2 Å². The molecule has 0 aromatic carbocycles. The molecule has 0 heterocycles. The molecule has 0 aliphatic rings. The second kappa shape index (κ2) is 6.77. The predicted octanol–water partition coefficient (Wildman–Crippen LogP) is 1.95. The fraction of sp³-hybridized carbons (Fsp3) is 0.818. The van der Waals surface area contributed by atoms with Crippen molar-refractivity contribution in [1.29, 1.82) is 0 Å². The number of nitrogens with two attached hydrogens (primary N) is 1. The van der Waals surface area contributed by atoms with E-state index in [1.54, 1.807) is 0 Å². The average molecular weight is 230 g/mol. The van der Waals surface area contributed by atoms with Gasteiger partial charge in [-0.2, -0.15) is 0 Å². The number of amides is 1. The summed E-state index contributed by atoms with van der Waals surface area (Å²) in [5, 5.41) is 0. The normalized spacial score (nSPS) is 10.8. The average Bonchev–Trinajstić information content (AvgIpc) is 2.01. The second-order valence-electron chi connectivity index (χ2n) is 4.50. The van der Waals surface area contributed by atoms with Crippen LogP contribution in [0.3, 0.4) is 0 Å². The first-order valence-corrected chi connectivity index (χ1v) is 5.83. The van der Waals surface area contributed by atoms with Gasteiger partial charge in [-0.15, -0.1) is 0 Å². The summed E-state index contributed by atoms with van der Waals surface area (Å²) >= 11 is 4.81. The molecule has 0 saturated heterocycles. The molecule has 0 bridgehead atoms. The molecule has 0 fully saturated rings. The molecule has 15 heavy (non-hydrogen) atoms. The molecule has 0 unspecified atom stereocenters. The van der Waals surface area contributed by atoms with Crippen molar-refractivity contribution in [2.45, 2.75) is 46.6 Å². The van der Waals surface area contributed by atoms with E-state index in [0.29, 0.717) is 30.3 Å². The molecule has 2 N–H and O–H groups in total. The topological polar surface area (TPSA) is 46.3 Å². The maximum absolute atomic E-state index is 11.8. The molecule has 0 aliphatic heterocycles. The lowest BCUT2D eigenvalue weighted by Crippen LogP contribution is -2.39. The Kier molecular flexibility index (Phi) is 6.48. The Balaban J connectivity index is 4.25. The molecule has 0 atom stereocenters. The number of rotatable bonds is 6. The fourth-order valence-electron chi connectivity index (χ4n) is 1.37. The number of carbonyl (C=O) groups excluding carboxylic acids is 1. The van der Waals surface area contributed by atoms with E-state index in [4.69, 9.17) is 18.0 Å². The summed E-state index contributed by atoms with van der Waals surface area (Å²) in [7, 11) is 0. The van der Waals surface area contributed by atoms with E-state index in [2.05, 4.69) is 0 Å². The van der Waals surface area contributed by atoms with Crippen molar-refractivity contribution in [3.63, 3.8) is 0 Å². The van der Waals surface area contributed by atoms with Gasteiger partial charge in [0.2, 0.25) is 5.91 Å². The van der Waals surface area contributed by atoms with Gasteiger partial charge in [-0.3, -0.25) is 4.79 Å². The molecule has 0 aromatic rings. The number of nitrogens with zero attached hydrogens (tertiary/aromatic N) is 1. The van der Waals surface area contributed by atoms with E-state index < -0.39 is 0 Å². The van der Waals surface area contributed by atoms with E-state index in [9.17, 15) is 4.79 Å². The Morgan fingerprint density at radius 3 is 2.20 bits per heavy atom. The van der Waals surface area contributed by atoms with Crippen LogP contribution in [0, 0.1) is 5.92 Å². The maximum Gasteiger partial charge on any atom is 0.223 e. The lowest BCUT2D eigenvalue weighted by atomic mass is 10.1. The third kappa shape index (κ3) is 6.44. The lowest BCUT2D eigenvalue weighted by Gasteiger charge is -2.27. The van der Waals surface area contributed by atoms with Crippen LogP contribution in [0.4, 0.5) is 0 Å². The summed E-state index contributed by atoms with van der Waals surface area (Å²) < 4.78 is 0. The van der Waals surface area contributed by atoms with Gasteiger partial charge in [0.1, 0.15) is 0 Å². The lowest BCUT2D eigenvalue weighted by molar-refractivity contribution is -0.133. The van der Waals surface area contributed by atoms with Crippen LogP contribution in [0.5, 0.6) is 0 Å². The highest BCUT2D eigenvalue weighted by atomic mass is 32.1. The Labute approximate surface area is 98.0 Å². The SMILES string of the molecule is CC(C)CC(=O)N(CCC(N)=S)C(C)C. The molecular formula is C11H22N2OS. The van der Waals surface area contributed by atoms with Crippen LogP contribution < -0.4 is 5.73 Å². The van der Waals surface area contributed by atoms with Crippen molar-refractivity contribution < 1.29 is 4.79 Å². The Bertz CT molecular complexity index is 227. The van der Waals surface area contributed by atoms with Crippen LogP contribution in [0.1, 0.15) is 40.5 Å². The van der Waals surface area contributed by atoms with Crippen molar-refractivity contribution in [2.24, 2.45) is 11.7 Å². The van der Waals surface area contributed by atoms with E-state index in [0.717, 1.165) is 0 Å². The Morgan fingerprint density at radius 2 is 1.87 bits per heavy atom. The van der Waals surface area contributed by atoms with E-state index >= 15 is 0 Å². The molecule has 88 valence electrons. The molecule has 0 radical (unpaired) electrons. The number of hydrogen-bond acceptors (Lipinski definition) is 2. The Hall–Kier alpha value is -0.640. The molecule has 0 saturated carbocycles. The van der Waals surface area contributed by atoms with Gasteiger partial charge >= 0.3 is 0 Å². The monoisotopic (exact) mass is 230 g/mol. The smallest absolute Gasteiger partial charge is 0.223 e. The summed E-state index contributed by atoms with van der Waals surface area (Å²) in [4.78, 5) is 14.2. The van der Waals surface area contributed by atoms with E-state index in [1.165, 1.54) is 0 Å². The molecule has 3 nitrogen and oxygen atoms in total. The van der Waals surface area contributed by atoms with Gasteiger partial charge in [0.25, 0.3) is 0 Å². The van der Waals surface area contributed by atoms with Crippen LogP contribution in [-0.4, -0.2) is 28.4 Å². The minimum Gasteiger partial charge on any atom is -0.393 e. The van der Waals surface area contributed by atoms with Crippen molar-refractivity contribution in [2.75, 3.05) is 6.54 Å². The minimum absolute atomic E-state index is 0.191. The first-order valence-electron chi connectivity index (χ1n) is 5.42. The summed E-state index contributed by atoms with van der Waals surface area (Å²) in [6, 6.07) is 0.214. The highest BCUT2D eigenvalue weighted by Crippen LogP contribution is 2.08. The first kappa shape index (κ1) is 14.4. The van der Waals surface area contributed by atoms with Gasteiger partial charge in [-0.1, -0.05) is 26.1 Å². The van der Waals surface area contributed by atoms with Crippen molar-refractivity contribution >= 4 is 23.1 Å². The van der Waals surface area contributed by atoms with Gasteiger partial charge in [-0.05, 0) is 19.8 Å². The molecular weight excluding hydrogens is 208 g/mol. The summed E-state index contributed by atoms with van der Waals surface area (Å²) in [5.41, 5.74) is 5.44. The van der Waals surface area contributed by atoms with Crippen molar-refractivity contribution in [3.8, 4) is 0 Å². The van der Waals surface area contributed by atoms with Crippen LogP contribution in [0.15, 0.2) is 0 Å². The molecule has 0 rings (SSSR count). The van der Waals surface area contributed by atoms with E-state index in [1.807, 2.05) is 32.6 Å². The summed E-state index contributed by atoms with van der Waals surface area (Å²) in [6.07, 6.45) is 1.20. The van der Waals surface area contributed by atoms with Crippen LogP contribution in [0.2, 0.25) is 0 Å². The number of thiocarbonyl (C=S) groups is 1. The third-order valence-electron chi connectivity index (χ3n) is 2.13. The van der Waals surface area contributed by atoms with Crippen LogP contribution in [-0.2, 0) is 4.79 Å². The standard InChI is InChI=1S/C11H22N2OS/c1-8(2)7-11(14)13(9(3)4)6-5-10(12)15/h8-9H,5-7H2,1-4H3,(H2,12,15). The Morgan fingerprint density at radius 1 is 1.33 bits per heavy atom. The maximum atomic E-state index is 11.8. The van der Waals surface area contributed by atoms with Gasteiger partial charge in [-0.25, -0.2) is 0 Å². The first-order chi connectivity index (χ1) is 6.84. The van der Waals surface area contributed by atoms with Crippen LogP contribution in [0.25, 0.3) is 0 Å². The van der Waals surface area contributed by atoms with Gasteiger partial charge < -0.3 is 10.6 Å². The number of carbonyl (C=O) groups is 1. The predicted molar refractivity (Wildman–Crippen MR) is 67.7 cm³/mol. The zero-order chi connectivity index (χ0) is 12.0. The molecule has 1 amide bonds. The highest BCUT2D eigenvalue weighted by Gasteiger charge is 2.17. The van der Waals surface area contributed by atoms with Gasteiger partial charge in [0, 0.05) is 25.4 Å². The minimum atomic E-state index is 0.191. The quantitative estimate of drug-likeness (QED) is 0.709. The molecule has 0 aliphatic carbocycles. The fourth-order valence-corrected chi connectivity index (χ4v) is 1.46. The molecule has 4 heteroatoms. The van der Waals surface area contributed by atoms with Crippen molar-refractivity contribution in [3.05, 3.63) is 0 Å². The zero-order valence-electron chi connectivity index (χ0n) is 10.1. The molecule has 0 spiro atoms. The van der Waals surface area contributed by atoms with Gasteiger partial charge in [0.05, 0.1) is 4.99 Å². The summed E-state index contributed by atoms with van der Waals surface area (Å²) in [5.74, 6) is 0.583. The highest BCUT2D eigenvalue weighted by molar-refractivity contribution is 7.80. The van der Waals surface area contributed by atoms with Crippen molar-refractivity contribution in [1.82, 2.24) is 4.90 Å². The zero-order valence-corrected chi connectivity index (χ0v) is 10.9. The second-order valence-corrected chi connectivity index (χ2v) is 5.02. The third-order valence-corrected chi connectivity index (χ3v) is 2.33. The largest absolute Gasteiger partial charge is 0.393 e.